The highest BCUT2D eigenvalue weighted by Crippen LogP contribution is 2.27. The van der Waals surface area contributed by atoms with E-state index in [1.54, 1.807) is 0 Å². The van der Waals surface area contributed by atoms with E-state index in [0.29, 0.717) is 6.42 Å². The largest absolute Gasteiger partial charge is 0.462 e. The minimum atomic E-state index is -0.427. The van der Waals surface area contributed by atoms with Crippen LogP contribution in [0.2, 0.25) is 0 Å². The molecule has 3 heteroatoms. The van der Waals surface area contributed by atoms with E-state index in [4.69, 9.17) is 4.74 Å². The Labute approximate surface area is 150 Å². The van der Waals surface area contributed by atoms with Gasteiger partial charge in [0.1, 0.15) is 0 Å². The monoisotopic (exact) mass is 338 g/mol. The average Bonchev–Trinajstić information content (AvgIpc) is 2.62. The topological polar surface area (TPSA) is 46.5 Å². The van der Waals surface area contributed by atoms with Crippen molar-refractivity contribution in [3.8, 4) is 11.1 Å². The molecule has 0 aromatic heterocycles. The van der Waals surface area contributed by atoms with E-state index in [1.807, 2.05) is 12.1 Å². The van der Waals surface area contributed by atoms with Crippen LogP contribution in [0.15, 0.2) is 49.1 Å². The van der Waals surface area contributed by atoms with Crippen LogP contribution in [0.5, 0.6) is 0 Å². The zero-order chi connectivity index (χ0) is 18.2. The molecule has 0 heterocycles. The Morgan fingerprint density at radius 1 is 1.16 bits per heavy atom. The number of ether oxygens (including phenoxy) is 1. The van der Waals surface area contributed by atoms with Crippen LogP contribution >= 0.6 is 0 Å². The molecule has 132 valence electrons. The Bertz CT molecular complexity index is 747. The molecule has 0 saturated carbocycles. The van der Waals surface area contributed by atoms with E-state index in [2.05, 4.69) is 44.7 Å². The van der Waals surface area contributed by atoms with Crippen LogP contribution in [0.3, 0.4) is 0 Å². The molecule has 0 aliphatic carbocycles. The van der Waals surface area contributed by atoms with Gasteiger partial charge in [-0.2, -0.15) is 0 Å². The van der Waals surface area contributed by atoms with Crippen LogP contribution in [-0.4, -0.2) is 17.7 Å². The first-order valence-electron chi connectivity index (χ1n) is 8.70. The Balaban J connectivity index is 2.25. The summed E-state index contributed by atoms with van der Waals surface area (Å²) in [6.07, 6.45) is 3.95. The second-order valence-corrected chi connectivity index (χ2v) is 6.16. The van der Waals surface area contributed by atoms with Gasteiger partial charge in [0.25, 0.3) is 0 Å². The van der Waals surface area contributed by atoms with Crippen LogP contribution in [0.4, 0.5) is 0 Å². The molecule has 2 aromatic carbocycles. The number of aliphatic hydroxyl groups is 1. The first kappa shape index (κ1) is 18.9. The third-order valence-corrected chi connectivity index (χ3v) is 4.30. The fourth-order valence-corrected chi connectivity index (χ4v) is 2.99. The van der Waals surface area contributed by atoms with Gasteiger partial charge >= 0.3 is 5.97 Å². The van der Waals surface area contributed by atoms with Crippen molar-refractivity contribution in [2.45, 2.75) is 39.7 Å². The molecule has 0 atom stereocenters. The van der Waals surface area contributed by atoms with E-state index in [9.17, 15) is 9.90 Å². The van der Waals surface area contributed by atoms with E-state index in [-0.39, 0.29) is 13.2 Å². The van der Waals surface area contributed by atoms with Crippen LogP contribution < -0.4 is 0 Å². The van der Waals surface area contributed by atoms with Crippen molar-refractivity contribution in [3.63, 3.8) is 0 Å². The summed E-state index contributed by atoms with van der Waals surface area (Å²) in [5.41, 5.74) is 6.75. The molecule has 0 aliphatic rings. The molecule has 0 fully saturated rings. The second kappa shape index (κ2) is 9.19. The van der Waals surface area contributed by atoms with Gasteiger partial charge in [-0.05, 0) is 46.7 Å². The van der Waals surface area contributed by atoms with Gasteiger partial charge in [-0.1, -0.05) is 56.3 Å². The molecule has 0 bridgehead atoms. The molecule has 0 saturated heterocycles. The lowest BCUT2D eigenvalue weighted by molar-refractivity contribution is -0.137. The van der Waals surface area contributed by atoms with Gasteiger partial charge in [0.15, 0.2) is 0 Å². The minimum Gasteiger partial charge on any atom is -0.462 e. The fourth-order valence-electron chi connectivity index (χ4n) is 2.99. The number of hydrogen-bond acceptors (Lipinski definition) is 3. The normalized spacial score (nSPS) is 10.5. The number of aryl methyl sites for hydroxylation is 2. The van der Waals surface area contributed by atoms with Crippen molar-refractivity contribution in [1.29, 1.82) is 0 Å². The number of benzene rings is 2. The van der Waals surface area contributed by atoms with Crippen molar-refractivity contribution in [2.24, 2.45) is 0 Å². The lowest BCUT2D eigenvalue weighted by Crippen LogP contribution is -2.06. The minimum absolute atomic E-state index is 0.0283. The van der Waals surface area contributed by atoms with Gasteiger partial charge in [-0.15, -0.1) is 0 Å². The summed E-state index contributed by atoms with van der Waals surface area (Å²) in [7, 11) is 0. The molecular weight excluding hydrogens is 312 g/mol. The van der Waals surface area contributed by atoms with Gasteiger partial charge in [0.2, 0.25) is 0 Å². The van der Waals surface area contributed by atoms with E-state index in [0.717, 1.165) is 35.6 Å². The number of carbonyl (C=O) groups excluding carboxylic acids is 1. The number of carbonyl (C=O) groups is 1. The highest BCUT2D eigenvalue weighted by atomic mass is 16.5. The SMILES string of the molecule is C=CC(=O)OCCc1cc(-c2ccc(CCC)cc2C)ccc1CO. The summed E-state index contributed by atoms with van der Waals surface area (Å²) >= 11 is 0. The summed E-state index contributed by atoms with van der Waals surface area (Å²) in [4.78, 5) is 11.2. The molecule has 1 N–H and O–H groups in total. The van der Waals surface area contributed by atoms with Crippen molar-refractivity contribution >= 4 is 5.97 Å². The molecule has 2 rings (SSSR count). The highest BCUT2D eigenvalue weighted by Gasteiger charge is 2.08. The average molecular weight is 338 g/mol. The Morgan fingerprint density at radius 2 is 1.96 bits per heavy atom. The van der Waals surface area contributed by atoms with E-state index in [1.165, 1.54) is 16.7 Å². The van der Waals surface area contributed by atoms with Crippen molar-refractivity contribution < 1.29 is 14.6 Å². The maximum absolute atomic E-state index is 11.2. The van der Waals surface area contributed by atoms with Crippen molar-refractivity contribution in [1.82, 2.24) is 0 Å². The molecule has 0 aliphatic heterocycles. The number of hydrogen-bond donors (Lipinski definition) is 1. The zero-order valence-corrected chi connectivity index (χ0v) is 15.0. The fraction of sp³-hybridized carbons (Fsp3) is 0.318. The maximum Gasteiger partial charge on any atom is 0.330 e. The molecule has 0 unspecified atom stereocenters. The van der Waals surface area contributed by atoms with Gasteiger partial charge in [0, 0.05) is 12.5 Å². The van der Waals surface area contributed by atoms with Crippen LogP contribution in [0.1, 0.15) is 35.6 Å². The Morgan fingerprint density at radius 3 is 2.60 bits per heavy atom. The first-order valence-corrected chi connectivity index (χ1v) is 8.70. The molecule has 0 amide bonds. The molecule has 0 radical (unpaired) electrons. The molecular formula is C22H26O3. The second-order valence-electron chi connectivity index (χ2n) is 6.16. The summed E-state index contributed by atoms with van der Waals surface area (Å²) in [5, 5.41) is 9.56. The lowest BCUT2D eigenvalue weighted by Gasteiger charge is -2.13. The highest BCUT2D eigenvalue weighted by molar-refractivity contribution is 5.81. The summed E-state index contributed by atoms with van der Waals surface area (Å²) in [5.74, 6) is -0.427. The summed E-state index contributed by atoms with van der Waals surface area (Å²) in [6.45, 7) is 7.94. The summed E-state index contributed by atoms with van der Waals surface area (Å²) < 4.78 is 5.07. The van der Waals surface area contributed by atoms with Crippen LogP contribution in [-0.2, 0) is 29.0 Å². The van der Waals surface area contributed by atoms with Crippen LogP contribution in [0, 0.1) is 6.92 Å². The number of aliphatic hydroxyl groups excluding tert-OH is 1. The zero-order valence-electron chi connectivity index (χ0n) is 15.0. The standard InChI is InChI=1S/C22H26O3/c1-4-6-17-7-10-21(16(3)13-17)19-8-9-20(15-23)18(14-19)11-12-25-22(24)5-2/h5,7-10,13-14,23H,2,4,6,11-12,15H2,1,3H3. The lowest BCUT2D eigenvalue weighted by atomic mass is 9.93. The van der Waals surface area contributed by atoms with Gasteiger partial charge in [0.05, 0.1) is 13.2 Å². The molecule has 0 spiro atoms. The quantitative estimate of drug-likeness (QED) is 0.574. The molecule has 2 aromatic rings. The van der Waals surface area contributed by atoms with E-state index < -0.39 is 5.97 Å². The predicted molar refractivity (Wildman–Crippen MR) is 101 cm³/mol. The predicted octanol–water partition coefficient (Wildman–Crippen LogP) is 4.38. The Kier molecular flexibility index (Phi) is 6.96. The van der Waals surface area contributed by atoms with Crippen molar-refractivity contribution in [2.75, 3.05) is 6.61 Å². The number of rotatable bonds is 8. The first-order chi connectivity index (χ1) is 12.1. The third-order valence-electron chi connectivity index (χ3n) is 4.30. The van der Waals surface area contributed by atoms with Gasteiger partial charge in [-0.25, -0.2) is 4.79 Å². The molecule has 25 heavy (non-hydrogen) atoms. The maximum atomic E-state index is 11.2. The van der Waals surface area contributed by atoms with E-state index >= 15 is 0 Å². The third kappa shape index (κ3) is 5.04. The van der Waals surface area contributed by atoms with Crippen molar-refractivity contribution in [3.05, 3.63) is 71.3 Å². The molecule has 3 nitrogen and oxygen atoms in total. The Hall–Kier alpha value is -2.39. The van der Waals surface area contributed by atoms with Gasteiger partial charge < -0.3 is 9.84 Å². The van der Waals surface area contributed by atoms with Crippen LogP contribution in [0.25, 0.3) is 11.1 Å². The smallest absolute Gasteiger partial charge is 0.330 e. The van der Waals surface area contributed by atoms with Gasteiger partial charge in [-0.3, -0.25) is 0 Å². The number of esters is 1. The summed E-state index contributed by atoms with van der Waals surface area (Å²) in [6, 6.07) is 12.6.